The molecule has 2 saturated heterocycles. The summed E-state index contributed by atoms with van der Waals surface area (Å²) in [6.07, 6.45) is -2.53. The van der Waals surface area contributed by atoms with Gasteiger partial charge in [0.2, 0.25) is 5.79 Å². The predicted octanol–water partition coefficient (Wildman–Crippen LogP) is 0.0545. The van der Waals surface area contributed by atoms with Gasteiger partial charge in [0, 0.05) is 32.0 Å². The maximum absolute atomic E-state index is 13.9. The van der Waals surface area contributed by atoms with Crippen molar-refractivity contribution in [3.05, 3.63) is 0 Å². The molecule has 170 valence electrons. The van der Waals surface area contributed by atoms with Crippen LogP contribution < -0.4 is 0 Å². The van der Waals surface area contributed by atoms with Crippen LogP contribution in [0.3, 0.4) is 0 Å². The number of carbonyl (C=O) groups excluding carboxylic acids is 1. The van der Waals surface area contributed by atoms with E-state index in [1.54, 1.807) is 0 Å². The molecule has 0 radical (unpaired) electrons. The summed E-state index contributed by atoms with van der Waals surface area (Å²) in [5.41, 5.74) is -3.17. The maximum Gasteiger partial charge on any atom is 0.208 e. The zero-order valence-electron chi connectivity index (χ0n) is 18.1. The molecule has 4 saturated carbocycles. The van der Waals surface area contributed by atoms with Crippen LogP contribution in [0.4, 0.5) is 0 Å². The third-order valence-electron chi connectivity index (χ3n) is 9.56. The molecule has 30 heavy (non-hydrogen) atoms. The number of aliphatic hydroxyl groups excluding tert-OH is 3. The Morgan fingerprint density at radius 1 is 1.17 bits per heavy atom. The van der Waals surface area contributed by atoms with Crippen LogP contribution in [0.2, 0.25) is 0 Å². The molecule has 2 spiro atoms. The van der Waals surface area contributed by atoms with Crippen molar-refractivity contribution in [1.82, 2.24) is 0 Å². The third kappa shape index (κ3) is 2.01. The van der Waals surface area contributed by atoms with Crippen molar-refractivity contribution in [2.45, 2.75) is 69.9 Å². The number of ketones is 1. The van der Waals surface area contributed by atoms with Gasteiger partial charge in [-0.25, -0.2) is 0 Å². The van der Waals surface area contributed by atoms with E-state index >= 15 is 0 Å². The van der Waals surface area contributed by atoms with Gasteiger partial charge in [-0.1, -0.05) is 13.8 Å². The fourth-order valence-corrected chi connectivity index (χ4v) is 8.73. The lowest BCUT2D eigenvalue weighted by Crippen LogP contribution is -2.87. The van der Waals surface area contributed by atoms with Gasteiger partial charge in [0.05, 0.1) is 29.6 Å². The molecule has 2 aliphatic heterocycles. The molecule has 0 aromatic carbocycles. The van der Waals surface area contributed by atoms with Gasteiger partial charge in [0.15, 0.2) is 12.1 Å². The lowest BCUT2D eigenvalue weighted by atomic mass is 9.35. The Bertz CT molecular complexity index is 755. The Morgan fingerprint density at radius 3 is 2.50 bits per heavy atom. The summed E-state index contributed by atoms with van der Waals surface area (Å²) in [7, 11) is 2.97. The highest BCUT2D eigenvalue weighted by atomic mass is 16.8. The molecule has 4 N–H and O–H groups in total. The lowest BCUT2D eigenvalue weighted by molar-refractivity contribution is -0.508. The summed E-state index contributed by atoms with van der Waals surface area (Å²) < 4.78 is 17.0. The van der Waals surface area contributed by atoms with Gasteiger partial charge in [-0.3, -0.25) is 4.79 Å². The molecule has 6 rings (SSSR count). The van der Waals surface area contributed by atoms with Crippen molar-refractivity contribution < 1.29 is 39.4 Å². The summed E-state index contributed by atoms with van der Waals surface area (Å²) in [5, 5.41) is 46.4. The molecule has 2 heterocycles. The Hall–Kier alpha value is -0.610. The van der Waals surface area contributed by atoms with Crippen molar-refractivity contribution in [3.8, 4) is 0 Å². The number of aliphatic hydroxyl groups is 4. The molecule has 11 unspecified atom stereocenters. The first-order chi connectivity index (χ1) is 14.0. The summed E-state index contributed by atoms with van der Waals surface area (Å²) in [5.74, 6) is -4.47. The fraction of sp³-hybridized carbons (Fsp3) is 0.955. The highest BCUT2D eigenvalue weighted by Crippen LogP contribution is 2.78. The monoisotopic (exact) mass is 426 g/mol. The topological polar surface area (TPSA) is 126 Å². The second kappa shape index (κ2) is 6.25. The van der Waals surface area contributed by atoms with Crippen LogP contribution in [-0.2, 0) is 19.0 Å². The van der Waals surface area contributed by atoms with Crippen LogP contribution in [0.15, 0.2) is 0 Å². The number of ether oxygens (including phenoxy) is 3. The van der Waals surface area contributed by atoms with Gasteiger partial charge in [-0.2, -0.15) is 0 Å². The standard InChI is InChI=1S/C22H34O8/c1-19(2)6-5-13(24)21-14-12(23)7-10-8-20(14,16(25)11(10)9-28-3)22(27,17(26)15(19)21)30-18(21)29-4/h10-15,17-18,23-24,26-27H,5-9H2,1-4H3. The smallest absolute Gasteiger partial charge is 0.208 e. The van der Waals surface area contributed by atoms with Crippen molar-refractivity contribution in [3.63, 3.8) is 0 Å². The van der Waals surface area contributed by atoms with Gasteiger partial charge in [-0.15, -0.1) is 0 Å². The van der Waals surface area contributed by atoms with Crippen molar-refractivity contribution in [2.24, 2.45) is 39.9 Å². The van der Waals surface area contributed by atoms with Crippen LogP contribution in [0.1, 0.15) is 39.5 Å². The lowest BCUT2D eigenvalue weighted by Gasteiger charge is -2.76. The van der Waals surface area contributed by atoms with Gasteiger partial charge in [0.25, 0.3) is 0 Å². The molecule has 8 nitrogen and oxygen atoms in total. The number of rotatable bonds is 3. The SMILES string of the molecule is COCC1C(=O)C23CC1CC(O)C2C12C(O)CCC(C)(C)C1C(O)C3(O)OC2OC. The second-order valence-corrected chi connectivity index (χ2v) is 11.0. The maximum atomic E-state index is 13.9. The second-order valence-electron chi connectivity index (χ2n) is 11.0. The quantitative estimate of drug-likeness (QED) is 0.499. The fourth-order valence-electron chi connectivity index (χ4n) is 8.73. The minimum Gasteiger partial charge on any atom is -0.393 e. The van der Waals surface area contributed by atoms with E-state index in [9.17, 15) is 25.2 Å². The van der Waals surface area contributed by atoms with E-state index in [4.69, 9.17) is 14.2 Å². The zero-order chi connectivity index (χ0) is 21.9. The molecule has 0 amide bonds. The number of carbonyl (C=O) groups is 1. The Morgan fingerprint density at radius 2 is 1.87 bits per heavy atom. The van der Waals surface area contributed by atoms with E-state index in [-0.39, 0.29) is 18.3 Å². The average molecular weight is 427 g/mol. The summed E-state index contributed by atoms with van der Waals surface area (Å²) in [6.45, 7) is 4.19. The first-order valence-corrected chi connectivity index (χ1v) is 11.0. The molecule has 6 aliphatic rings. The Labute approximate surface area is 176 Å². The van der Waals surface area contributed by atoms with Crippen LogP contribution in [-0.4, -0.2) is 77.4 Å². The summed E-state index contributed by atoms with van der Waals surface area (Å²) in [6, 6.07) is 0. The summed E-state index contributed by atoms with van der Waals surface area (Å²) >= 11 is 0. The van der Waals surface area contributed by atoms with E-state index in [1.807, 2.05) is 13.8 Å². The van der Waals surface area contributed by atoms with E-state index in [0.717, 1.165) is 0 Å². The molecule has 0 aromatic rings. The van der Waals surface area contributed by atoms with Crippen LogP contribution in [0.25, 0.3) is 0 Å². The van der Waals surface area contributed by atoms with E-state index in [2.05, 4.69) is 0 Å². The molecular weight excluding hydrogens is 392 g/mol. The van der Waals surface area contributed by atoms with Crippen LogP contribution in [0, 0.1) is 39.9 Å². The summed E-state index contributed by atoms with van der Waals surface area (Å²) in [4.78, 5) is 13.9. The van der Waals surface area contributed by atoms with Crippen LogP contribution >= 0.6 is 0 Å². The van der Waals surface area contributed by atoms with Gasteiger partial charge in [0.1, 0.15) is 6.10 Å². The minimum absolute atomic E-state index is 0.174. The van der Waals surface area contributed by atoms with E-state index < -0.39 is 64.4 Å². The van der Waals surface area contributed by atoms with Crippen molar-refractivity contribution in [2.75, 3.05) is 20.8 Å². The predicted molar refractivity (Wildman–Crippen MR) is 103 cm³/mol. The highest BCUT2D eigenvalue weighted by Gasteiger charge is 2.88. The average Bonchev–Trinajstić information content (AvgIpc) is 2.89. The molecule has 4 bridgehead atoms. The van der Waals surface area contributed by atoms with E-state index in [0.29, 0.717) is 25.7 Å². The molecule has 11 atom stereocenters. The number of Topliss-reactive ketones (excluding diaryl/α,β-unsaturated/α-hetero) is 1. The van der Waals surface area contributed by atoms with Crippen LogP contribution in [0.5, 0.6) is 0 Å². The van der Waals surface area contributed by atoms with Gasteiger partial charge in [-0.05, 0) is 37.0 Å². The Kier molecular flexibility index (Phi) is 4.42. The Balaban J connectivity index is 1.79. The minimum atomic E-state index is -2.20. The highest BCUT2D eigenvalue weighted by molar-refractivity contribution is 5.92. The van der Waals surface area contributed by atoms with Gasteiger partial charge < -0.3 is 34.6 Å². The normalized spacial score (nSPS) is 58.5. The largest absolute Gasteiger partial charge is 0.393 e. The first kappa shape index (κ1) is 21.2. The molecule has 4 aliphatic carbocycles. The molecular formula is C22H34O8. The first-order valence-electron chi connectivity index (χ1n) is 11.0. The number of hydrogen-bond donors (Lipinski definition) is 4. The number of fused-ring (bicyclic) bond motifs is 2. The van der Waals surface area contributed by atoms with E-state index in [1.165, 1.54) is 14.2 Å². The number of methoxy groups -OCH3 is 2. The number of hydrogen-bond acceptors (Lipinski definition) is 8. The van der Waals surface area contributed by atoms with Crippen molar-refractivity contribution in [1.29, 1.82) is 0 Å². The van der Waals surface area contributed by atoms with Crippen molar-refractivity contribution >= 4 is 5.78 Å². The molecule has 0 aromatic heterocycles. The molecule has 6 fully saturated rings. The third-order valence-corrected chi connectivity index (χ3v) is 9.56. The zero-order valence-corrected chi connectivity index (χ0v) is 18.1. The van der Waals surface area contributed by atoms with Gasteiger partial charge >= 0.3 is 0 Å². The molecule has 8 heteroatoms.